The molecule has 14 heteroatoms. The second-order valence-electron chi connectivity index (χ2n) is 19.3. The SMILES string of the molecule is CCCCCCCCCCCCCCCCC/C=C/CC/C=C/C(O)C(COP(=O)(O)OC1C(O)C(O)C(O)C(O)C1O)NC(=O)CC(O)CCCCCCCCCCCCCCCCC. The molecule has 0 aromatic carbocycles. The lowest BCUT2D eigenvalue weighted by Crippen LogP contribution is -2.64. The first kappa shape index (κ1) is 62.8. The third-order valence-corrected chi connectivity index (χ3v) is 14.0. The highest BCUT2D eigenvalue weighted by Gasteiger charge is 2.51. The standard InChI is InChI=1S/C52H100NO12P/c1-3-5-7-9-11-13-15-17-19-20-21-22-23-24-26-28-30-32-34-36-38-40-45(55)44(42-64-66(62,63)65-52-50(60)48(58)47(57)49(59)51(52)61)53-46(56)41-43(54)39-37-35-33-31-29-27-25-18-16-14-12-10-8-6-4-2/h30,32,38,40,43-45,47-52,54-55,57-61H,3-29,31,33-37,39,41-42H2,1-2H3,(H,53,56)(H,62,63)/b32-30+,40-38+. The molecule has 9 N–H and O–H groups in total. The van der Waals surface area contributed by atoms with Crippen LogP contribution in [0, 0.1) is 0 Å². The summed E-state index contributed by atoms with van der Waals surface area (Å²) >= 11 is 0. The maximum absolute atomic E-state index is 13.0. The number of hydrogen-bond donors (Lipinski definition) is 9. The van der Waals surface area contributed by atoms with Crippen LogP contribution in [0.1, 0.15) is 239 Å². The van der Waals surface area contributed by atoms with E-state index in [1.165, 1.54) is 167 Å². The summed E-state index contributed by atoms with van der Waals surface area (Å²) in [5.41, 5.74) is 0. The second-order valence-corrected chi connectivity index (χ2v) is 20.7. The van der Waals surface area contributed by atoms with Gasteiger partial charge in [0.1, 0.15) is 36.6 Å². The predicted molar refractivity (Wildman–Crippen MR) is 266 cm³/mol. The minimum Gasteiger partial charge on any atom is -0.393 e. The fourth-order valence-electron chi connectivity index (χ4n) is 8.67. The number of aliphatic hydroxyl groups is 7. The summed E-state index contributed by atoms with van der Waals surface area (Å²) in [5.74, 6) is -0.599. The van der Waals surface area contributed by atoms with E-state index in [1.54, 1.807) is 6.08 Å². The van der Waals surface area contributed by atoms with Crippen molar-refractivity contribution in [2.75, 3.05) is 6.61 Å². The number of hydrogen-bond acceptors (Lipinski definition) is 11. The molecule has 1 rings (SSSR count). The molecule has 0 heterocycles. The average molecular weight is 962 g/mol. The number of nitrogens with one attached hydrogen (secondary N) is 1. The fraction of sp³-hybridized carbons (Fsp3) is 0.904. The first-order valence-corrected chi connectivity index (χ1v) is 28.4. The second kappa shape index (κ2) is 41.6. The van der Waals surface area contributed by atoms with Crippen molar-refractivity contribution >= 4 is 13.7 Å². The van der Waals surface area contributed by atoms with Gasteiger partial charge in [-0.25, -0.2) is 4.57 Å². The van der Waals surface area contributed by atoms with Gasteiger partial charge in [0.2, 0.25) is 5.91 Å². The van der Waals surface area contributed by atoms with Gasteiger partial charge in [0.15, 0.2) is 0 Å². The molecule has 1 fully saturated rings. The van der Waals surface area contributed by atoms with Crippen LogP contribution in [-0.4, -0.2) is 108 Å². The van der Waals surface area contributed by atoms with Gasteiger partial charge in [0.05, 0.1) is 31.3 Å². The number of unbranched alkanes of at least 4 members (excludes halogenated alkanes) is 30. The Labute approximate surface area is 401 Å². The van der Waals surface area contributed by atoms with E-state index in [2.05, 4.69) is 31.3 Å². The molecule has 8 unspecified atom stereocenters. The van der Waals surface area contributed by atoms with Crippen molar-refractivity contribution in [3.63, 3.8) is 0 Å². The lowest BCUT2D eigenvalue weighted by molar-refractivity contribution is -0.220. The van der Waals surface area contributed by atoms with Crippen LogP contribution in [0.4, 0.5) is 0 Å². The summed E-state index contributed by atoms with van der Waals surface area (Å²) in [7, 11) is -5.15. The Morgan fingerprint density at radius 3 is 1.33 bits per heavy atom. The number of carbonyl (C=O) groups is 1. The van der Waals surface area contributed by atoms with Gasteiger partial charge in [0.25, 0.3) is 0 Å². The Morgan fingerprint density at radius 1 is 0.530 bits per heavy atom. The highest BCUT2D eigenvalue weighted by Crippen LogP contribution is 2.47. The van der Waals surface area contributed by atoms with Crippen LogP contribution in [0.3, 0.4) is 0 Å². The van der Waals surface area contributed by atoms with Gasteiger partial charge in [-0.3, -0.25) is 13.8 Å². The largest absolute Gasteiger partial charge is 0.472 e. The van der Waals surface area contributed by atoms with E-state index in [1.807, 2.05) is 0 Å². The van der Waals surface area contributed by atoms with E-state index in [-0.39, 0.29) is 6.42 Å². The molecule has 0 aromatic rings. The molecule has 0 radical (unpaired) electrons. The summed E-state index contributed by atoms with van der Waals surface area (Å²) in [4.78, 5) is 23.5. The van der Waals surface area contributed by atoms with Crippen LogP contribution in [0.2, 0.25) is 0 Å². The molecule has 1 aliphatic carbocycles. The molecular weight excluding hydrogens is 862 g/mol. The fourth-order valence-corrected chi connectivity index (χ4v) is 9.64. The Bertz CT molecular complexity index is 1230. The van der Waals surface area contributed by atoms with E-state index in [0.717, 1.165) is 44.9 Å². The van der Waals surface area contributed by atoms with Gasteiger partial charge in [-0.15, -0.1) is 0 Å². The van der Waals surface area contributed by atoms with Crippen LogP contribution in [0.5, 0.6) is 0 Å². The molecule has 1 amide bonds. The smallest absolute Gasteiger partial charge is 0.393 e. The average Bonchev–Trinajstić information content (AvgIpc) is 3.29. The number of phosphoric acid groups is 1. The number of phosphoric ester groups is 1. The van der Waals surface area contributed by atoms with Gasteiger partial charge < -0.3 is 46.0 Å². The summed E-state index contributed by atoms with van der Waals surface area (Å²) in [5, 5.41) is 74.7. The number of aliphatic hydroxyl groups excluding tert-OH is 7. The minimum absolute atomic E-state index is 0.248. The summed E-state index contributed by atoms with van der Waals surface area (Å²) in [6, 6.07) is -1.25. The molecule has 0 aromatic heterocycles. The lowest BCUT2D eigenvalue weighted by atomic mass is 9.85. The molecule has 66 heavy (non-hydrogen) atoms. The third kappa shape index (κ3) is 32.6. The molecule has 0 bridgehead atoms. The first-order valence-electron chi connectivity index (χ1n) is 26.9. The summed E-state index contributed by atoms with van der Waals surface area (Å²) in [6.07, 6.45) is 34.1. The maximum atomic E-state index is 13.0. The van der Waals surface area contributed by atoms with Crippen molar-refractivity contribution in [3.05, 3.63) is 24.3 Å². The molecular formula is C52H100NO12P. The van der Waals surface area contributed by atoms with Crippen molar-refractivity contribution in [2.24, 2.45) is 0 Å². The van der Waals surface area contributed by atoms with Crippen molar-refractivity contribution in [2.45, 2.75) is 293 Å². The molecule has 1 aliphatic rings. The molecule has 0 saturated heterocycles. The molecule has 13 nitrogen and oxygen atoms in total. The van der Waals surface area contributed by atoms with Gasteiger partial charge in [0, 0.05) is 0 Å². The molecule has 0 spiro atoms. The zero-order valence-electron chi connectivity index (χ0n) is 41.6. The van der Waals surface area contributed by atoms with Crippen molar-refractivity contribution in [1.82, 2.24) is 5.32 Å². The first-order chi connectivity index (χ1) is 31.8. The minimum atomic E-state index is -5.15. The van der Waals surface area contributed by atoms with Crippen LogP contribution >= 0.6 is 7.82 Å². The highest BCUT2D eigenvalue weighted by atomic mass is 31.2. The van der Waals surface area contributed by atoms with E-state index >= 15 is 0 Å². The van der Waals surface area contributed by atoms with Gasteiger partial charge in [-0.2, -0.15) is 0 Å². The van der Waals surface area contributed by atoms with Gasteiger partial charge in [-0.1, -0.05) is 224 Å². The van der Waals surface area contributed by atoms with Crippen LogP contribution < -0.4 is 5.32 Å². The predicted octanol–water partition coefficient (Wildman–Crippen LogP) is 10.3. The van der Waals surface area contributed by atoms with E-state index < -0.39 is 75.2 Å². The normalized spacial score (nSPS) is 22.5. The van der Waals surface area contributed by atoms with E-state index in [4.69, 9.17) is 9.05 Å². The zero-order chi connectivity index (χ0) is 48.7. The van der Waals surface area contributed by atoms with Crippen molar-refractivity contribution < 1.29 is 59.0 Å². The van der Waals surface area contributed by atoms with Crippen LogP contribution in [0.25, 0.3) is 0 Å². The maximum Gasteiger partial charge on any atom is 0.472 e. The number of allylic oxidation sites excluding steroid dienone is 3. The molecule has 8 atom stereocenters. The number of carbonyl (C=O) groups excluding carboxylic acids is 1. The van der Waals surface area contributed by atoms with E-state index in [9.17, 15) is 50.0 Å². The Kier molecular flexibility index (Phi) is 39.5. The Hall–Kier alpha value is -1.22. The third-order valence-electron chi connectivity index (χ3n) is 13.0. The zero-order valence-corrected chi connectivity index (χ0v) is 42.5. The van der Waals surface area contributed by atoms with Gasteiger partial charge in [-0.05, 0) is 32.1 Å². The van der Waals surface area contributed by atoms with Crippen molar-refractivity contribution in [1.29, 1.82) is 0 Å². The highest BCUT2D eigenvalue weighted by molar-refractivity contribution is 7.47. The lowest BCUT2D eigenvalue weighted by Gasteiger charge is -2.41. The topological polar surface area (TPSA) is 226 Å². The number of amides is 1. The summed E-state index contributed by atoms with van der Waals surface area (Å²) in [6.45, 7) is 3.76. The molecule has 390 valence electrons. The van der Waals surface area contributed by atoms with Crippen LogP contribution in [0.15, 0.2) is 24.3 Å². The Balaban J connectivity index is 2.49. The van der Waals surface area contributed by atoms with E-state index in [0.29, 0.717) is 12.8 Å². The molecule has 0 aliphatic heterocycles. The quantitative estimate of drug-likeness (QED) is 0.0158. The molecule has 1 saturated carbocycles. The summed E-state index contributed by atoms with van der Waals surface area (Å²) < 4.78 is 22.9. The monoisotopic (exact) mass is 962 g/mol. The van der Waals surface area contributed by atoms with Crippen LogP contribution in [-0.2, 0) is 18.4 Å². The van der Waals surface area contributed by atoms with Gasteiger partial charge >= 0.3 is 7.82 Å². The number of rotatable bonds is 45. The van der Waals surface area contributed by atoms with Crippen molar-refractivity contribution in [3.8, 4) is 0 Å². The Morgan fingerprint density at radius 2 is 0.894 bits per heavy atom.